The predicted molar refractivity (Wildman–Crippen MR) is 106 cm³/mol. The second kappa shape index (κ2) is 11.3. The second-order valence-electron chi connectivity index (χ2n) is 6.03. The third kappa shape index (κ3) is 6.29. The van der Waals surface area contributed by atoms with Gasteiger partial charge in [-0.3, -0.25) is 14.8 Å². The van der Waals surface area contributed by atoms with Crippen molar-refractivity contribution in [1.29, 1.82) is 5.41 Å². The summed E-state index contributed by atoms with van der Waals surface area (Å²) in [5, 5.41) is 7.23. The zero-order valence-electron chi connectivity index (χ0n) is 16.0. The van der Waals surface area contributed by atoms with Gasteiger partial charge in [-0.25, -0.2) is 9.98 Å². The number of anilines is 1. The fourth-order valence-electron chi connectivity index (χ4n) is 2.58. The first-order valence-electron chi connectivity index (χ1n) is 9.11. The van der Waals surface area contributed by atoms with Crippen molar-refractivity contribution in [1.82, 2.24) is 9.55 Å². The van der Waals surface area contributed by atoms with E-state index in [0.717, 1.165) is 51.5 Å². The lowest BCUT2D eigenvalue weighted by Gasteiger charge is -2.25. The molecule has 0 aliphatic heterocycles. The molecule has 138 valence electrons. The maximum atomic E-state index is 12.4. The minimum absolute atomic E-state index is 0.112. The zero-order valence-corrected chi connectivity index (χ0v) is 16.0. The lowest BCUT2D eigenvalue weighted by Crippen LogP contribution is -2.34. The average molecular weight is 345 g/mol. The van der Waals surface area contributed by atoms with Gasteiger partial charge in [0.2, 0.25) is 5.95 Å². The molecule has 6 nitrogen and oxygen atoms in total. The number of nitrogens with one attached hydrogen (secondary N) is 1. The number of hydrogen-bond acceptors (Lipinski definition) is 4. The molecule has 0 aromatic carbocycles. The summed E-state index contributed by atoms with van der Waals surface area (Å²) >= 11 is 0. The Hall–Kier alpha value is -2.24. The highest BCUT2D eigenvalue weighted by atomic mass is 16.1. The molecule has 0 aliphatic carbocycles. The molecule has 1 aromatic rings. The number of aromatic nitrogens is 2. The number of allylic oxidation sites excluding steroid dienone is 2. The Kier molecular flexibility index (Phi) is 9.43. The molecule has 0 amide bonds. The molecule has 0 saturated heterocycles. The van der Waals surface area contributed by atoms with E-state index in [0.29, 0.717) is 17.4 Å². The van der Waals surface area contributed by atoms with Crippen LogP contribution in [0, 0.1) is 5.41 Å². The van der Waals surface area contributed by atoms with Gasteiger partial charge in [-0.05, 0) is 25.8 Å². The molecular weight excluding hydrogens is 314 g/mol. The third-order valence-electron chi connectivity index (χ3n) is 4.00. The highest BCUT2D eigenvalue weighted by Gasteiger charge is 2.15. The van der Waals surface area contributed by atoms with Gasteiger partial charge >= 0.3 is 0 Å². The first-order valence-corrected chi connectivity index (χ1v) is 9.11. The van der Waals surface area contributed by atoms with Crippen LogP contribution in [0.5, 0.6) is 0 Å². The number of unbranched alkanes of at least 4 members (excludes halogenated alkanes) is 3. The van der Waals surface area contributed by atoms with E-state index in [9.17, 15) is 4.79 Å². The lowest BCUT2D eigenvalue weighted by molar-refractivity contribution is 0.623. The maximum absolute atomic E-state index is 12.4. The van der Waals surface area contributed by atoms with Crippen LogP contribution in [0.25, 0.3) is 0 Å². The maximum Gasteiger partial charge on any atom is 0.255 e. The van der Waals surface area contributed by atoms with Gasteiger partial charge in [0.05, 0.1) is 11.4 Å². The zero-order chi connectivity index (χ0) is 18.7. The van der Waals surface area contributed by atoms with Crippen LogP contribution in [-0.4, -0.2) is 34.7 Å². The van der Waals surface area contributed by atoms with E-state index >= 15 is 0 Å². The Morgan fingerprint density at radius 1 is 1.28 bits per heavy atom. The molecule has 0 atom stereocenters. The highest BCUT2D eigenvalue weighted by Crippen LogP contribution is 2.13. The minimum Gasteiger partial charge on any atom is -0.342 e. The van der Waals surface area contributed by atoms with Crippen molar-refractivity contribution in [2.24, 2.45) is 12.0 Å². The van der Waals surface area contributed by atoms with Gasteiger partial charge in [0, 0.05) is 26.2 Å². The van der Waals surface area contributed by atoms with Gasteiger partial charge in [-0.1, -0.05) is 39.2 Å². The summed E-state index contributed by atoms with van der Waals surface area (Å²) < 4.78 is 1.60. The topological polar surface area (TPSA) is 74.3 Å². The number of rotatable bonds is 11. The van der Waals surface area contributed by atoms with Crippen LogP contribution in [0.1, 0.15) is 58.6 Å². The molecule has 0 radical (unpaired) electrons. The lowest BCUT2D eigenvalue weighted by atomic mass is 10.2. The molecule has 0 fully saturated rings. The van der Waals surface area contributed by atoms with E-state index in [-0.39, 0.29) is 5.56 Å². The summed E-state index contributed by atoms with van der Waals surface area (Å²) in [5.74, 6) is 0.675. The molecule has 0 spiro atoms. The van der Waals surface area contributed by atoms with Crippen molar-refractivity contribution in [3.8, 4) is 0 Å². The van der Waals surface area contributed by atoms with Gasteiger partial charge in [-0.15, -0.1) is 0 Å². The smallest absolute Gasteiger partial charge is 0.255 e. The Morgan fingerprint density at radius 3 is 2.56 bits per heavy atom. The van der Waals surface area contributed by atoms with E-state index in [4.69, 9.17) is 10.4 Å². The molecular formula is C19H31N5O. The van der Waals surface area contributed by atoms with E-state index in [2.05, 4.69) is 23.7 Å². The monoisotopic (exact) mass is 345 g/mol. The Bertz CT molecular complexity index is 660. The van der Waals surface area contributed by atoms with Crippen molar-refractivity contribution in [2.45, 2.75) is 52.9 Å². The van der Waals surface area contributed by atoms with Gasteiger partial charge < -0.3 is 4.90 Å². The summed E-state index contributed by atoms with van der Waals surface area (Å²) in [7, 11) is 1.76. The largest absolute Gasteiger partial charge is 0.342 e. The van der Waals surface area contributed by atoms with Gasteiger partial charge in [0.15, 0.2) is 0 Å². The first kappa shape index (κ1) is 20.8. The number of aliphatic imine (C=N–C) groups is 1. The third-order valence-corrected chi connectivity index (χ3v) is 4.00. The molecule has 1 heterocycles. The summed E-state index contributed by atoms with van der Waals surface area (Å²) in [6, 6.07) is 1.48. The molecule has 1 aromatic heterocycles. The van der Waals surface area contributed by atoms with Gasteiger partial charge in [-0.2, -0.15) is 0 Å². The number of hydrogen-bond donors (Lipinski definition) is 1. The average Bonchev–Trinajstić information content (AvgIpc) is 2.60. The molecule has 0 aliphatic rings. The standard InChI is InChI=1S/C19H31N5O/c1-5-8-10-13-24(12-9-6-2)19-22-17(14-18(25)23(19)4)16(11-7-3)21-15-20/h7,11,14-15,20H,5-6,8-10,12-13H2,1-4H3/b11-7-,20-15?,21-16?. The van der Waals surface area contributed by atoms with E-state index in [1.54, 1.807) is 17.7 Å². The minimum atomic E-state index is -0.112. The summed E-state index contributed by atoms with van der Waals surface area (Å²) in [4.78, 5) is 23.4. The molecule has 0 saturated carbocycles. The van der Waals surface area contributed by atoms with Crippen molar-refractivity contribution >= 4 is 18.0 Å². The van der Waals surface area contributed by atoms with Gasteiger partial charge in [0.1, 0.15) is 6.34 Å². The Balaban J connectivity index is 3.31. The van der Waals surface area contributed by atoms with E-state index in [1.807, 2.05) is 13.0 Å². The van der Waals surface area contributed by atoms with Crippen LogP contribution in [0.15, 0.2) is 28.0 Å². The molecule has 0 unspecified atom stereocenters. The van der Waals surface area contributed by atoms with Crippen molar-refractivity contribution in [3.05, 3.63) is 34.3 Å². The van der Waals surface area contributed by atoms with E-state index < -0.39 is 0 Å². The fourth-order valence-corrected chi connectivity index (χ4v) is 2.58. The van der Waals surface area contributed by atoms with Crippen LogP contribution in [0.4, 0.5) is 5.95 Å². The van der Waals surface area contributed by atoms with Crippen LogP contribution >= 0.6 is 0 Å². The summed E-state index contributed by atoms with van der Waals surface area (Å²) in [5.41, 5.74) is 0.927. The summed E-state index contributed by atoms with van der Waals surface area (Å²) in [6.45, 7) is 7.98. The summed E-state index contributed by atoms with van der Waals surface area (Å²) in [6.07, 6.45) is 10.1. The van der Waals surface area contributed by atoms with Crippen LogP contribution in [-0.2, 0) is 7.05 Å². The SMILES string of the molecule is C/C=C\C(=NC=N)c1cc(=O)n(C)c(N(CCCC)CCCCC)n1. The van der Waals surface area contributed by atoms with Crippen LogP contribution in [0.2, 0.25) is 0 Å². The number of nitrogens with zero attached hydrogens (tertiary/aromatic N) is 4. The second-order valence-corrected chi connectivity index (χ2v) is 6.03. The Morgan fingerprint density at radius 2 is 1.96 bits per heavy atom. The quantitative estimate of drug-likeness (QED) is 0.379. The van der Waals surface area contributed by atoms with Crippen molar-refractivity contribution < 1.29 is 0 Å². The molecule has 25 heavy (non-hydrogen) atoms. The van der Waals surface area contributed by atoms with E-state index in [1.165, 1.54) is 6.07 Å². The highest BCUT2D eigenvalue weighted by molar-refractivity contribution is 6.10. The Labute approximate surface area is 150 Å². The molecule has 1 N–H and O–H groups in total. The normalized spacial score (nSPS) is 11.9. The molecule has 1 rings (SSSR count). The predicted octanol–water partition coefficient (Wildman–Crippen LogP) is 3.55. The molecule has 0 bridgehead atoms. The molecule has 6 heteroatoms. The van der Waals surface area contributed by atoms with Crippen molar-refractivity contribution in [2.75, 3.05) is 18.0 Å². The van der Waals surface area contributed by atoms with Crippen LogP contribution < -0.4 is 10.5 Å². The van der Waals surface area contributed by atoms with Crippen molar-refractivity contribution in [3.63, 3.8) is 0 Å². The first-order chi connectivity index (χ1) is 12.1. The van der Waals surface area contributed by atoms with Crippen LogP contribution in [0.3, 0.4) is 0 Å². The fraction of sp³-hybridized carbons (Fsp3) is 0.579. The van der Waals surface area contributed by atoms with Gasteiger partial charge in [0.25, 0.3) is 5.56 Å².